The standard InChI is InChI=1S/C23H22Cl2N2O2/c1-15-8-9-21(16(2)10-15)26-13-17-11-19(24)23(20(25)12-17)29-14-22(28)27-18-6-4-3-5-7-18/h3-12,26H,13-14H2,1-2H3,(H,27,28). The van der Waals surface area contributed by atoms with E-state index < -0.39 is 0 Å². The fraction of sp³-hybridized carbons (Fsp3) is 0.174. The zero-order valence-electron chi connectivity index (χ0n) is 16.3. The topological polar surface area (TPSA) is 50.4 Å². The van der Waals surface area contributed by atoms with Gasteiger partial charge in [-0.2, -0.15) is 0 Å². The second-order valence-electron chi connectivity index (χ2n) is 6.76. The van der Waals surface area contributed by atoms with Gasteiger partial charge in [-0.25, -0.2) is 0 Å². The fourth-order valence-electron chi connectivity index (χ4n) is 2.92. The number of aryl methyl sites for hydroxylation is 2. The quantitative estimate of drug-likeness (QED) is 0.468. The largest absolute Gasteiger partial charge is 0.481 e. The molecule has 3 aromatic carbocycles. The molecule has 0 fully saturated rings. The van der Waals surface area contributed by atoms with Gasteiger partial charge < -0.3 is 15.4 Å². The summed E-state index contributed by atoms with van der Waals surface area (Å²) >= 11 is 12.7. The van der Waals surface area contributed by atoms with Crippen LogP contribution in [0.4, 0.5) is 11.4 Å². The average Bonchev–Trinajstić information content (AvgIpc) is 2.67. The summed E-state index contributed by atoms with van der Waals surface area (Å²) in [4.78, 5) is 12.1. The third-order valence-corrected chi connectivity index (χ3v) is 4.89. The molecule has 0 aliphatic carbocycles. The fourth-order valence-corrected chi connectivity index (χ4v) is 3.56. The van der Waals surface area contributed by atoms with Crippen LogP contribution in [0.25, 0.3) is 0 Å². The van der Waals surface area contributed by atoms with Crippen LogP contribution < -0.4 is 15.4 Å². The van der Waals surface area contributed by atoms with Gasteiger partial charge in [0.05, 0.1) is 10.0 Å². The molecular weight excluding hydrogens is 407 g/mol. The van der Waals surface area contributed by atoms with Crippen LogP contribution in [0.2, 0.25) is 10.0 Å². The van der Waals surface area contributed by atoms with Gasteiger partial charge in [-0.3, -0.25) is 4.79 Å². The number of benzene rings is 3. The molecule has 150 valence electrons. The lowest BCUT2D eigenvalue weighted by Crippen LogP contribution is -2.20. The summed E-state index contributed by atoms with van der Waals surface area (Å²) in [6.45, 7) is 4.51. The maximum absolute atomic E-state index is 12.1. The molecule has 0 aromatic heterocycles. The van der Waals surface area contributed by atoms with E-state index in [9.17, 15) is 4.79 Å². The number of halogens is 2. The van der Waals surface area contributed by atoms with Crippen molar-refractivity contribution in [2.45, 2.75) is 20.4 Å². The number of hydrogen-bond donors (Lipinski definition) is 2. The molecule has 0 atom stereocenters. The second kappa shape index (κ2) is 9.68. The number of anilines is 2. The number of rotatable bonds is 7. The van der Waals surface area contributed by atoms with E-state index in [-0.39, 0.29) is 12.5 Å². The van der Waals surface area contributed by atoms with E-state index in [4.69, 9.17) is 27.9 Å². The van der Waals surface area contributed by atoms with Crippen molar-refractivity contribution in [3.05, 3.63) is 87.4 Å². The van der Waals surface area contributed by atoms with Crippen LogP contribution in [0, 0.1) is 13.8 Å². The van der Waals surface area contributed by atoms with Gasteiger partial charge in [0, 0.05) is 17.9 Å². The maximum atomic E-state index is 12.1. The first-order valence-electron chi connectivity index (χ1n) is 9.19. The monoisotopic (exact) mass is 428 g/mol. The van der Waals surface area contributed by atoms with E-state index in [0.717, 1.165) is 11.3 Å². The van der Waals surface area contributed by atoms with Crippen molar-refractivity contribution in [3.63, 3.8) is 0 Å². The minimum Gasteiger partial charge on any atom is -0.481 e. The van der Waals surface area contributed by atoms with Gasteiger partial charge in [0.25, 0.3) is 5.91 Å². The van der Waals surface area contributed by atoms with Crippen molar-refractivity contribution < 1.29 is 9.53 Å². The number of ether oxygens (including phenoxy) is 1. The molecule has 0 aliphatic rings. The molecular formula is C23H22Cl2N2O2. The summed E-state index contributed by atoms with van der Waals surface area (Å²) in [7, 11) is 0. The van der Waals surface area contributed by atoms with Crippen LogP contribution >= 0.6 is 23.2 Å². The van der Waals surface area contributed by atoms with E-state index in [1.807, 2.05) is 18.2 Å². The summed E-state index contributed by atoms with van der Waals surface area (Å²) < 4.78 is 5.56. The molecule has 0 saturated heterocycles. The van der Waals surface area contributed by atoms with Gasteiger partial charge in [0.15, 0.2) is 12.4 Å². The van der Waals surface area contributed by atoms with Crippen molar-refractivity contribution in [3.8, 4) is 5.75 Å². The smallest absolute Gasteiger partial charge is 0.262 e. The number of para-hydroxylation sites is 1. The van der Waals surface area contributed by atoms with E-state index >= 15 is 0 Å². The molecule has 0 bridgehead atoms. The van der Waals surface area contributed by atoms with E-state index in [1.54, 1.807) is 24.3 Å². The highest BCUT2D eigenvalue weighted by Gasteiger charge is 2.12. The molecule has 3 aromatic rings. The number of nitrogens with one attached hydrogen (secondary N) is 2. The number of carbonyl (C=O) groups is 1. The Morgan fingerprint density at radius 3 is 2.31 bits per heavy atom. The van der Waals surface area contributed by atoms with E-state index in [0.29, 0.717) is 28.0 Å². The number of hydrogen-bond acceptors (Lipinski definition) is 3. The van der Waals surface area contributed by atoms with Crippen LogP contribution in [0.15, 0.2) is 60.7 Å². The first kappa shape index (κ1) is 21.0. The Balaban J connectivity index is 1.60. The van der Waals surface area contributed by atoms with Crippen molar-refractivity contribution in [2.75, 3.05) is 17.2 Å². The lowest BCUT2D eigenvalue weighted by molar-refractivity contribution is -0.118. The molecule has 0 unspecified atom stereocenters. The van der Waals surface area contributed by atoms with Crippen LogP contribution in [-0.4, -0.2) is 12.5 Å². The SMILES string of the molecule is Cc1ccc(NCc2cc(Cl)c(OCC(=O)Nc3ccccc3)c(Cl)c2)c(C)c1. The van der Waals surface area contributed by atoms with Gasteiger partial charge in [-0.1, -0.05) is 59.1 Å². The second-order valence-corrected chi connectivity index (χ2v) is 7.58. The minimum atomic E-state index is -0.288. The summed E-state index contributed by atoms with van der Waals surface area (Å²) in [5, 5.41) is 6.86. The Morgan fingerprint density at radius 2 is 1.66 bits per heavy atom. The van der Waals surface area contributed by atoms with Gasteiger partial charge in [0.1, 0.15) is 0 Å². The molecule has 0 heterocycles. The normalized spacial score (nSPS) is 10.5. The Bertz CT molecular complexity index is 984. The third-order valence-electron chi connectivity index (χ3n) is 4.33. The zero-order chi connectivity index (χ0) is 20.8. The van der Waals surface area contributed by atoms with Crippen LogP contribution in [0.3, 0.4) is 0 Å². The van der Waals surface area contributed by atoms with Crippen molar-refractivity contribution >= 4 is 40.5 Å². The number of amides is 1. The van der Waals surface area contributed by atoms with Gasteiger partial charge in [0.2, 0.25) is 0 Å². The zero-order valence-corrected chi connectivity index (χ0v) is 17.8. The molecule has 0 aliphatic heterocycles. The van der Waals surface area contributed by atoms with Crippen LogP contribution in [0.1, 0.15) is 16.7 Å². The minimum absolute atomic E-state index is 0.186. The molecule has 0 saturated carbocycles. The highest BCUT2D eigenvalue weighted by atomic mass is 35.5. The summed E-state index contributed by atoms with van der Waals surface area (Å²) in [5.41, 5.74) is 5.07. The molecule has 29 heavy (non-hydrogen) atoms. The molecule has 2 N–H and O–H groups in total. The predicted octanol–water partition coefficient (Wildman–Crippen LogP) is 6.24. The Kier molecular flexibility index (Phi) is 7.02. The summed E-state index contributed by atoms with van der Waals surface area (Å²) in [6.07, 6.45) is 0. The third kappa shape index (κ3) is 5.89. The molecule has 0 radical (unpaired) electrons. The Hall–Kier alpha value is -2.69. The van der Waals surface area contributed by atoms with Crippen molar-refractivity contribution in [1.29, 1.82) is 0 Å². The summed E-state index contributed by atoms with van der Waals surface area (Å²) in [6, 6.07) is 19.0. The van der Waals surface area contributed by atoms with Crippen LogP contribution in [0.5, 0.6) is 5.75 Å². The lowest BCUT2D eigenvalue weighted by atomic mass is 10.1. The average molecular weight is 429 g/mol. The molecule has 6 heteroatoms. The first-order valence-corrected chi connectivity index (χ1v) is 9.94. The van der Waals surface area contributed by atoms with E-state index in [1.165, 1.54) is 11.1 Å². The molecule has 0 spiro atoms. The maximum Gasteiger partial charge on any atom is 0.262 e. The van der Waals surface area contributed by atoms with Gasteiger partial charge in [-0.05, 0) is 55.3 Å². The first-order chi connectivity index (χ1) is 13.9. The Morgan fingerprint density at radius 1 is 0.966 bits per heavy atom. The van der Waals surface area contributed by atoms with Crippen molar-refractivity contribution in [2.24, 2.45) is 0 Å². The lowest BCUT2D eigenvalue weighted by Gasteiger charge is -2.14. The molecule has 4 nitrogen and oxygen atoms in total. The van der Waals surface area contributed by atoms with Gasteiger partial charge >= 0.3 is 0 Å². The highest BCUT2D eigenvalue weighted by molar-refractivity contribution is 6.37. The summed E-state index contributed by atoms with van der Waals surface area (Å²) in [5.74, 6) is 0.00994. The predicted molar refractivity (Wildman–Crippen MR) is 120 cm³/mol. The molecule has 3 rings (SSSR count). The molecule has 1 amide bonds. The van der Waals surface area contributed by atoms with E-state index in [2.05, 4.69) is 42.7 Å². The van der Waals surface area contributed by atoms with Crippen LogP contribution in [-0.2, 0) is 11.3 Å². The highest BCUT2D eigenvalue weighted by Crippen LogP contribution is 2.34. The Labute approximate surface area is 180 Å². The van der Waals surface area contributed by atoms with Gasteiger partial charge in [-0.15, -0.1) is 0 Å². The van der Waals surface area contributed by atoms with Crippen molar-refractivity contribution in [1.82, 2.24) is 0 Å². The number of carbonyl (C=O) groups excluding carboxylic acids is 1.